The maximum Gasteiger partial charge on any atom is 0.245 e. The number of primary amides is 5. The summed E-state index contributed by atoms with van der Waals surface area (Å²) in [5.41, 5.74) is 46.8. The third-order valence-corrected chi connectivity index (χ3v) is 18.2. The molecule has 115 heavy (non-hydrogen) atoms. The number of phenols is 1. The van der Waals surface area contributed by atoms with Gasteiger partial charge in [0, 0.05) is 55.9 Å². The molecular formula is C74H106N22O19. The number of amides is 17. The lowest BCUT2D eigenvalue weighted by atomic mass is 10.0. The van der Waals surface area contributed by atoms with E-state index in [-0.39, 0.29) is 74.3 Å². The smallest absolute Gasteiger partial charge is 0.245 e. The van der Waals surface area contributed by atoms with Crippen LogP contribution in [0.4, 0.5) is 0 Å². The van der Waals surface area contributed by atoms with Crippen molar-refractivity contribution in [2.45, 2.75) is 190 Å². The highest BCUT2D eigenvalue weighted by Crippen LogP contribution is 2.23. The van der Waals surface area contributed by atoms with Crippen LogP contribution in [-0.2, 0) is 101 Å². The number of fused-ring (bicyclic) bond motifs is 1. The molecule has 12 atom stereocenters. The number of para-hydroxylation sites is 1. The van der Waals surface area contributed by atoms with Gasteiger partial charge in [0.05, 0.1) is 38.5 Å². The summed E-state index contributed by atoms with van der Waals surface area (Å²) in [5.74, 6) is -18.9. The molecule has 1 fully saturated rings. The first-order valence-corrected chi connectivity index (χ1v) is 37.1. The van der Waals surface area contributed by atoms with Crippen molar-refractivity contribution < 1.29 is 91.7 Å². The van der Waals surface area contributed by atoms with Crippen LogP contribution >= 0.6 is 0 Å². The van der Waals surface area contributed by atoms with Gasteiger partial charge in [0.25, 0.3) is 0 Å². The summed E-state index contributed by atoms with van der Waals surface area (Å²) < 4.78 is 0. The van der Waals surface area contributed by atoms with Crippen molar-refractivity contribution in [3.05, 3.63) is 102 Å². The summed E-state index contributed by atoms with van der Waals surface area (Å²) in [4.78, 5) is 240. The van der Waals surface area contributed by atoms with Crippen molar-refractivity contribution in [1.29, 1.82) is 0 Å². The number of hydrogen-bond acceptors (Lipinski definition) is 21. The van der Waals surface area contributed by atoms with E-state index in [4.69, 9.17) is 45.9 Å². The second-order valence-corrected chi connectivity index (χ2v) is 28.6. The summed E-state index contributed by atoms with van der Waals surface area (Å²) in [6.45, 7) is 5.19. The standard InChI is InChI=1S/C74H106N22O19/c1-37(2)26-44(75)73(115)96-25-11-17-56(96)72(114)94-54(33-60(79)102)69(111)90-50(29-40-18-20-42(98)21-19-40)66(108)92-52(31-58(77)100)68(110)91-51(30-41-34-84-45-15-9-8-14-43(41)45)67(109)93-53(32-59(78)101)70(112)95-55(36-97)71(113)88-47(22-23-57(76)99)63(105)85-35-61(103)86-49(27-38(3)4)65(107)87-46(16-10-24-83-74(81)82)64(106)89-48(62(80)104)28-39-12-6-5-7-13-39/h5-9,12-15,18-21,34,37-38,44,46-56,84,97-98H,10-11,16-17,22-33,35-36,75H2,1-4H3,(H2,76,99)(H2,77,100)(H2,78,101)(H2,79,102)(H2,80,104)(H,85,105)(H,86,103)(H,87,107)(H,88,113)(H,89,106)(H,90,111)(H,91,110)(H,92,108)(H,93,109)(H,94,114)(H,95,112)(H4,81,82,83)/t44-,46-,47-,48-,49-,50-,51-,52-,53-,54-,55-,56-/m0/s1. The summed E-state index contributed by atoms with van der Waals surface area (Å²) in [6, 6.07) is 1.17. The Hall–Kier alpha value is -12.8. The number of aromatic hydroxyl groups is 1. The zero-order valence-electron chi connectivity index (χ0n) is 64.2. The first kappa shape index (κ1) is 92.8. The number of aromatic nitrogens is 1. The molecule has 0 aliphatic carbocycles. The number of aliphatic hydroxyl groups excluding tert-OH is 1. The molecule has 17 amide bonds. The number of likely N-dealkylation sites (tertiary alicyclic amines) is 1. The van der Waals surface area contributed by atoms with Gasteiger partial charge in [-0.1, -0.05) is 88.4 Å². The van der Waals surface area contributed by atoms with Gasteiger partial charge in [0.2, 0.25) is 100 Å². The first-order valence-electron chi connectivity index (χ1n) is 37.1. The van der Waals surface area contributed by atoms with Crippen LogP contribution in [0, 0.1) is 11.8 Å². The molecule has 626 valence electrons. The van der Waals surface area contributed by atoms with Gasteiger partial charge in [-0.15, -0.1) is 0 Å². The minimum absolute atomic E-state index is 0.00570. The zero-order chi connectivity index (χ0) is 85.3. The van der Waals surface area contributed by atoms with E-state index in [9.17, 15) is 91.7 Å². The van der Waals surface area contributed by atoms with Gasteiger partial charge in [0.1, 0.15) is 72.2 Å². The number of nitrogens with one attached hydrogen (secondary N) is 12. The fourth-order valence-corrected chi connectivity index (χ4v) is 12.4. The van der Waals surface area contributed by atoms with Gasteiger partial charge in [-0.3, -0.25) is 86.5 Å². The largest absolute Gasteiger partial charge is 0.508 e. The predicted octanol–water partition coefficient (Wildman–Crippen LogP) is -7.30. The topological polar surface area (TPSA) is 703 Å². The number of guanidine groups is 1. The van der Waals surface area contributed by atoms with Crippen LogP contribution in [0.2, 0.25) is 0 Å². The Balaban J connectivity index is 1.35. The molecule has 30 N–H and O–H groups in total. The number of nitrogens with two attached hydrogens (primary N) is 8. The van der Waals surface area contributed by atoms with E-state index in [0.29, 0.717) is 34.9 Å². The molecule has 4 aromatic rings. The third-order valence-electron chi connectivity index (χ3n) is 18.2. The summed E-state index contributed by atoms with van der Waals surface area (Å²) in [5, 5.41) is 47.5. The van der Waals surface area contributed by atoms with E-state index < -0.39 is 231 Å². The van der Waals surface area contributed by atoms with Crippen LogP contribution in [0.1, 0.15) is 115 Å². The SMILES string of the molecule is CC(C)C[C@H](NC(=O)CNC(=O)[C@H](CCC(N)=O)NC(=O)[C@H](CO)NC(=O)[C@H](CC(N)=O)NC(=O)[C@H](Cc1c[nH]c2ccccc12)NC(=O)[C@H](CC(N)=O)NC(=O)[C@H](Cc1ccc(O)cc1)NC(=O)[C@H](CC(N)=O)NC(=O)[C@@H]1CCCN1C(=O)[C@@H](N)CC(C)C)C(=O)N[C@@H](CCCN=C(N)N)C(=O)N[C@@H](Cc1ccccc1)C(N)=O. The molecule has 2 heterocycles. The maximum atomic E-state index is 14.8. The number of carbonyl (C=O) groups excluding carboxylic acids is 17. The second-order valence-electron chi connectivity index (χ2n) is 28.6. The minimum atomic E-state index is -2.07. The van der Waals surface area contributed by atoms with Gasteiger partial charge >= 0.3 is 0 Å². The average Bonchev–Trinajstić information content (AvgIpc) is 1.72. The van der Waals surface area contributed by atoms with E-state index in [0.717, 1.165) is 0 Å². The molecule has 1 aliphatic rings. The highest BCUT2D eigenvalue weighted by Gasteiger charge is 2.41. The van der Waals surface area contributed by atoms with Crippen LogP contribution in [0.5, 0.6) is 5.75 Å². The molecule has 41 nitrogen and oxygen atoms in total. The number of H-pyrrole nitrogens is 1. The molecule has 0 bridgehead atoms. The molecule has 5 rings (SSSR count). The van der Waals surface area contributed by atoms with E-state index in [1.165, 1.54) is 35.4 Å². The number of rotatable bonds is 48. The van der Waals surface area contributed by atoms with Gasteiger partial charge in [0.15, 0.2) is 5.96 Å². The molecule has 0 spiro atoms. The number of phenolic OH excluding ortho intramolecular Hbond substituents is 1. The monoisotopic (exact) mass is 1610 g/mol. The van der Waals surface area contributed by atoms with Crippen molar-refractivity contribution in [1.82, 2.24) is 68.4 Å². The first-order chi connectivity index (χ1) is 54.3. The number of aliphatic imine (C=N–C) groups is 1. The van der Waals surface area contributed by atoms with E-state index >= 15 is 0 Å². The number of benzene rings is 3. The Labute approximate surface area is 661 Å². The number of nitrogens with zero attached hydrogens (tertiary/aromatic N) is 2. The Bertz CT molecular complexity index is 4160. The van der Waals surface area contributed by atoms with Crippen LogP contribution in [0.3, 0.4) is 0 Å². The van der Waals surface area contributed by atoms with Crippen molar-refractivity contribution in [3.8, 4) is 5.75 Å². The fourth-order valence-electron chi connectivity index (χ4n) is 12.4. The fraction of sp³-hybridized carbons (Fsp3) is 0.486. The Morgan fingerprint density at radius 2 is 0.957 bits per heavy atom. The van der Waals surface area contributed by atoms with E-state index in [2.05, 4.69) is 68.5 Å². The number of aromatic amines is 1. The Morgan fingerprint density at radius 1 is 0.496 bits per heavy atom. The Morgan fingerprint density at radius 3 is 1.50 bits per heavy atom. The normalized spacial score (nSPS) is 15.3. The number of hydrogen-bond donors (Lipinski definition) is 22. The van der Waals surface area contributed by atoms with Crippen LogP contribution < -0.4 is 104 Å². The molecule has 3 aromatic carbocycles. The van der Waals surface area contributed by atoms with E-state index in [1.807, 2.05) is 13.8 Å². The van der Waals surface area contributed by atoms with Crippen molar-refractivity contribution in [2.75, 3.05) is 26.2 Å². The molecule has 0 unspecified atom stereocenters. The van der Waals surface area contributed by atoms with Crippen LogP contribution in [0.15, 0.2) is 90.1 Å². The molecule has 1 saturated heterocycles. The molecule has 1 aliphatic heterocycles. The summed E-state index contributed by atoms with van der Waals surface area (Å²) in [7, 11) is 0. The minimum Gasteiger partial charge on any atom is -0.508 e. The summed E-state index contributed by atoms with van der Waals surface area (Å²) in [6.07, 6.45) is -2.55. The predicted molar refractivity (Wildman–Crippen MR) is 414 cm³/mol. The molecule has 0 radical (unpaired) electrons. The highest BCUT2D eigenvalue weighted by atomic mass is 16.3. The van der Waals surface area contributed by atoms with Gasteiger partial charge in [-0.05, 0) is 91.7 Å². The molecule has 1 aromatic heterocycles. The lowest BCUT2D eigenvalue weighted by Gasteiger charge is -2.29. The quantitative estimate of drug-likeness (QED) is 0.0111. The number of aliphatic hydroxyl groups is 1. The van der Waals surface area contributed by atoms with Crippen LogP contribution in [-0.4, -0.2) is 225 Å². The van der Waals surface area contributed by atoms with Crippen LogP contribution in [0.25, 0.3) is 10.9 Å². The number of carbonyl (C=O) groups is 17. The zero-order valence-corrected chi connectivity index (χ0v) is 64.2. The molecular weight excluding hydrogens is 1500 g/mol. The lowest BCUT2D eigenvalue weighted by Crippen LogP contribution is -2.61. The Kier molecular flexibility index (Phi) is 36.8. The van der Waals surface area contributed by atoms with Gasteiger partial charge < -0.3 is 124 Å². The lowest BCUT2D eigenvalue weighted by molar-refractivity contribution is -0.141. The van der Waals surface area contributed by atoms with Crippen molar-refractivity contribution in [3.63, 3.8) is 0 Å². The average molecular weight is 1610 g/mol. The van der Waals surface area contributed by atoms with Crippen molar-refractivity contribution >= 4 is 117 Å². The van der Waals surface area contributed by atoms with Gasteiger partial charge in [-0.25, -0.2) is 0 Å². The highest BCUT2D eigenvalue weighted by molar-refractivity contribution is 6.02. The second kappa shape index (κ2) is 45.6. The molecule has 0 saturated carbocycles. The maximum absolute atomic E-state index is 14.8. The summed E-state index contributed by atoms with van der Waals surface area (Å²) >= 11 is 0. The third kappa shape index (κ3) is 31.3. The van der Waals surface area contributed by atoms with Gasteiger partial charge in [-0.2, -0.15) is 0 Å². The van der Waals surface area contributed by atoms with E-state index in [1.54, 1.807) is 68.4 Å². The van der Waals surface area contributed by atoms with Crippen molar-refractivity contribution in [2.24, 2.45) is 62.7 Å². The molecule has 41 heteroatoms.